The van der Waals surface area contributed by atoms with E-state index in [1.807, 2.05) is 32.0 Å². The SMILES string of the molecule is Cc1cccc(C)c1OCCNC(=O)CCn1c(=O)oc2cc(S(=O)(=O)N3CCCC3)ccc21. The Kier molecular flexibility index (Phi) is 7.08. The minimum Gasteiger partial charge on any atom is -0.491 e. The standard InChI is InChI=1S/C24H29N3O6S/c1-17-6-5-7-18(2)23(17)32-15-11-25-22(28)10-14-27-20-9-8-19(16-21(20)33-24(27)29)34(30,31)26-12-3-4-13-26/h5-9,16H,3-4,10-15H2,1-2H3,(H,25,28). The molecular weight excluding hydrogens is 458 g/mol. The van der Waals surface area contributed by atoms with Gasteiger partial charge in [-0.3, -0.25) is 9.36 Å². The molecule has 1 amide bonds. The van der Waals surface area contributed by atoms with E-state index in [0.717, 1.165) is 29.7 Å². The van der Waals surface area contributed by atoms with Crippen LogP contribution >= 0.6 is 0 Å². The maximum absolute atomic E-state index is 12.8. The van der Waals surface area contributed by atoms with Crippen LogP contribution in [0.25, 0.3) is 11.1 Å². The minimum atomic E-state index is -3.61. The van der Waals surface area contributed by atoms with E-state index in [9.17, 15) is 18.0 Å². The number of hydrogen-bond donors (Lipinski definition) is 1. The number of carbonyl (C=O) groups excluding carboxylic acids is 1. The van der Waals surface area contributed by atoms with Gasteiger partial charge in [0.15, 0.2) is 5.58 Å². The number of para-hydroxylation sites is 1. The van der Waals surface area contributed by atoms with Crippen LogP contribution in [0.1, 0.15) is 30.4 Å². The Morgan fingerprint density at radius 2 is 1.82 bits per heavy atom. The lowest BCUT2D eigenvalue weighted by atomic mass is 10.1. The van der Waals surface area contributed by atoms with E-state index in [-0.39, 0.29) is 29.4 Å². The molecule has 1 aromatic heterocycles. The number of rotatable bonds is 9. The fraction of sp³-hybridized carbons (Fsp3) is 0.417. The lowest BCUT2D eigenvalue weighted by Crippen LogP contribution is -2.29. The summed E-state index contributed by atoms with van der Waals surface area (Å²) in [6.07, 6.45) is 1.76. The summed E-state index contributed by atoms with van der Waals surface area (Å²) < 4.78 is 39.4. The van der Waals surface area contributed by atoms with E-state index in [2.05, 4.69) is 5.32 Å². The molecule has 2 heterocycles. The Labute approximate surface area is 198 Å². The normalized spacial score (nSPS) is 14.5. The first-order chi connectivity index (χ1) is 16.3. The summed E-state index contributed by atoms with van der Waals surface area (Å²) in [6.45, 7) is 5.72. The Bertz CT molecular complexity index is 1330. The second-order valence-corrected chi connectivity index (χ2v) is 10.4. The van der Waals surface area contributed by atoms with Crippen LogP contribution < -0.4 is 15.8 Å². The highest BCUT2D eigenvalue weighted by atomic mass is 32.2. The van der Waals surface area contributed by atoms with Crippen LogP contribution in [-0.2, 0) is 21.4 Å². The van der Waals surface area contributed by atoms with Crippen molar-refractivity contribution in [1.29, 1.82) is 0 Å². The van der Waals surface area contributed by atoms with E-state index in [1.54, 1.807) is 6.07 Å². The van der Waals surface area contributed by atoms with Crippen molar-refractivity contribution in [3.05, 3.63) is 58.1 Å². The second-order valence-electron chi connectivity index (χ2n) is 8.43. The van der Waals surface area contributed by atoms with Gasteiger partial charge >= 0.3 is 5.76 Å². The van der Waals surface area contributed by atoms with Crippen LogP contribution in [0.5, 0.6) is 5.75 Å². The summed E-state index contributed by atoms with van der Waals surface area (Å²) in [5.74, 6) is -0.0317. The van der Waals surface area contributed by atoms with E-state index < -0.39 is 15.8 Å². The highest BCUT2D eigenvalue weighted by molar-refractivity contribution is 7.89. The van der Waals surface area contributed by atoms with E-state index >= 15 is 0 Å². The third-order valence-electron chi connectivity index (χ3n) is 5.98. The number of amides is 1. The van der Waals surface area contributed by atoms with Gasteiger partial charge in [-0.05, 0) is 49.9 Å². The molecule has 1 fully saturated rings. The molecule has 0 aliphatic carbocycles. The summed E-state index contributed by atoms with van der Waals surface area (Å²) in [5, 5.41) is 2.79. The Hall–Kier alpha value is -3.11. The predicted molar refractivity (Wildman–Crippen MR) is 128 cm³/mol. The van der Waals surface area contributed by atoms with Gasteiger partial charge in [0.05, 0.1) is 17.0 Å². The first-order valence-corrected chi connectivity index (χ1v) is 12.8. The molecule has 1 aliphatic heterocycles. The van der Waals surface area contributed by atoms with Crippen molar-refractivity contribution in [2.75, 3.05) is 26.2 Å². The fourth-order valence-corrected chi connectivity index (χ4v) is 5.70. The zero-order valence-corrected chi connectivity index (χ0v) is 20.2. The zero-order valence-electron chi connectivity index (χ0n) is 19.4. The molecule has 1 N–H and O–H groups in total. The summed E-state index contributed by atoms with van der Waals surface area (Å²) in [5.41, 5.74) is 2.71. The number of carbonyl (C=O) groups is 1. The van der Waals surface area contributed by atoms with Crippen molar-refractivity contribution < 1.29 is 22.4 Å². The zero-order chi connectivity index (χ0) is 24.3. The van der Waals surface area contributed by atoms with Gasteiger partial charge in [0.2, 0.25) is 15.9 Å². The summed E-state index contributed by atoms with van der Waals surface area (Å²) in [6, 6.07) is 10.3. The molecule has 0 unspecified atom stereocenters. The number of nitrogens with zero attached hydrogens (tertiary/aromatic N) is 2. The Morgan fingerprint density at radius 1 is 1.12 bits per heavy atom. The topological polar surface area (TPSA) is 111 Å². The molecule has 4 rings (SSSR count). The number of benzene rings is 2. The number of sulfonamides is 1. The van der Waals surface area contributed by atoms with E-state index in [0.29, 0.717) is 31.8 Å². The first-order valence-electron chi connectivity index (χ1n) is 11.4. The molecule has 34 heavy (non-hydrogen) atoms. The van der Waals surface area contributed by atoms with Gasteiger partial charge in [-0.1, -0.05) is 18.2 Å². The maximum atomic E-state index is 12.8. The highest BCUT2D eigenvalue weighted by Crippen LogP contribution is 2.24. The predicted octanol–water partition coefficient (Wildman–Crippen LogP) is 2.58. The first kappa shape index (κ1) is 24.0. The molecule has 0 bridgehead atoms. The molecule has 0 saturated carbocycles. The number of hydrogen-bond acceptors (Lipinski definition) is 6. The van der Waals surface area contributed by atoms with Gasteiger partial charge in [-0.15, -0.1) is 0 Å². The smallest absolute Gasteiger partial charge is 0.419 e. The number of ether oxygens (including phenoxy) is 1. The van der Waals surface area contributed by atoms with Crippen molar-refractivity contribution in [2.24, 2.45) is 0 Å². The van der Waals surface area contributed by atoms with Gasteiger partial charge in [0, 0.05) is 32.1 Å². The Balaban J connectivity index is 1.34. The largest absolute Gasteiger partial charge is 0.491 e. The van der Waals surface area contributed by atoms with Crippen LogP contribution in [0.15, 0.2) is 50.5 Å². The summed E-state index contributed by atoms with van der Waals surface area (Å²) in [7, 11) is -3.61. The molecule has 182 valence electrons. The lowest BCUT2D eigenvalue weighted by molar-refractivity contribution is -0.121. The van der Waals surface area contributed by atoms with Crippen LogP contribution in [0.4, 0.5) is 0 Å². The van der Waals surface area contributed by atoms with Crippen molar-refractivity contribution in [3.8, 4) is 5.75 Å². The lowest BCUT2D eigenvalue weighted by Gasteiger charge is -2.15. The van der Waals surface area contributed by atoms with Crippen LogP contribution in [0.3, 0.4) is 0 Å². The summed E-state index contributed by atoms with van der Waals surface area (Å²) >= 11 is 0. The third-order valence-corrected chi connectivity index (χ3v) is 7.88. The van der Waals surface area contributed by atoms with Crippen LogP contribution in [0, 0.1) is 13.8 Å². The molecule has 0 atom stereocenters. The van der Waals surface area contributed by atoms with Gasteiger partial charge < -0.3 is 14.5 Å². The van der Waals surface area contributed by atoms with Crippen molar-refractivity contribution in [3.63, 3.8) is 0 Å². The molecule has 1 saturated heterocycles. The van der Waals surface area contributed by atoms with Gasteiger partial charge in [-0.2, -0.15) is 4.31 Å². The number of fused-ring (bicyclic) bond motifs is 1. The van der Waals surface area contributed by atoms with Crippen LogP contribution in [-0.4, -0.2) is 49.4 Å². The van der Waals surface area contributed by atoms with Gasteiger partial charge in [-0.25, -0.2) is 13.2 Å². The number of aryl methyl sites for hydroxylation is 3. The third kappa shape index (κ3) is 5.02. The van der Waals surface area contributed by atoms with Crippen molar-refractivity contribution in [1.82, 2.24) is 14.2 Å². The molecular formula is C24H29N3O6S. The molecule has 10 heteroatoms. The summed E-state index contributed by atoms with van der Waals surface area (Å²) in [4.78, 5) is 24.7. The molecule has 0 spiro atoms. The molecule has 3 aromatic rings. The van der Waals surface area contributed by atoms with Crippen molar-refractivity contribution >= 4 is 27.0 Å². The average molecular weight is 488 g/mol. The van der Waals surface area contributed by atoms with Gasteiger partial charge in [0.1, 0.15) is 12.4 Å². The van der Waals surface area contributed by atoms with Crippen molar-refractivity contribution in [2.45, 2.75) is 44.6 Å². The molecule has 0 radical (unpaired) electrons. The van der Waals surface area contributed by atoms with E-state index in [4.69, 9.17) is 9.15 Å². The van der Waals surface area contributed by atoms with Gasteiger partial charge in [0.25, 0.3) is 0 Å². The number of aromatic nitrogens is 1. The maximum Gasteiger partial charge on any atom is 0.419 e. The molecule has 1 aliphatic rings. The average Bonchev–Trinajstić information content (AvgIpc) is 3.44. The molecule has 2 aromatic carbocycles. The van der Waals surface area contributed by atoms with E-state index in [1.165, 1.54) is 21.0 Å². The molecule has 9 nitrogen and oxygen atoms in total. The minimum absolute atomic E-state index is 0.0752. The van der Waals surface area contributed by atoms with Crippen LogP contribution in [0.2, 0.25) is 0 Å². The monoisotopic (exact) mass is 487 g/mol. The Morgan fingerprint density at radius 3 is 2.53 bits per heavy atom. The highest BCUT2D eigenvalue weighted by Gasteiger charge is 2.28. The fourth-order valence-electron chi connectivity index (χ4n) is 4.17. The quantitative estimate of drug-likeness (QED) is 0.465. The second kappa shape index (κ2) is 10.0. The number of nitrogens with one attached hydrogen (secondary N) is 1. The number of oxazole rings is 1.